The van der Waals surface area contributed by atoms with Crippen LogP contribution in [-0.4, -0.2) is 44.5 Å². The van der Waals surface area contributed by atoms with Gasteiger partial charge in [0.2, 0.25) is 0 Å². The smallest absolute Gasteiger partial charge is 0.266 e. The van der Waals surface area contributed by atoms with Gasteiger partial charge in [-0.1, -0.05) is 18.2 Å². The lowest BCUT2D eigenvalue weighted by molar-refractivity contribution is 0.0923. The lowest BCUT2D eigenvalue weighted by Gasteiger charge is -2.19. The number of imide groups is 1. The molecule has 0 spiro atoms. The molecule has 0 unspecified atom stereocenters. The van der Waals surface area contributed by atoms with Crippen LogP contribution in [0.1, 0.15) is 38.0 Å². The highest BCUT2D eigenvalue weighted by Gasteiger charge is 2.37. The molecule has 0 radical (unpaired) electrons. The monoisotopic (exact) mass is 443 g/mol. The summed E-state index contributed by atoms with van der Waals surface area (Å²) in [5.41, 5.74) is 2.37. The highest BCUT2D eigenvalue weighted by molar-refractivity contribution is 6.34. The van der Waals surface area contributed by atoms with Crippen molar-refractivity contribution < 1.29 is 19.1 Å². The second-order valence-corrected chi connectivity index (χ2v) is 7.65. The number of hydrogen-bond acceptors (Lipinski definition) is 5. The van der Waals surface area contributed by atoms with Crippen molar-refractivity contribution in [2.75, 3.05) is 36.5 Å². The first-order valence-corrected chi connectivity index (χ1v) is 10.8. The summed E-state index contributed by atoms with van der Waals surface area (Å²) in [6, 6.07) is 21.2. The number of rotatable bonds is 8. The quantitative estimate of drug-likeness (QED) is 0.537. The van der Waals surface area contributed by atoms with Gasteiger partial charge in [-0.05, 0) is 61.5 Å². The lowest BCUT2D eigenvalue weighted by Crippen LogP contribution is -2.33. The fraction of sp³-hybridized carbons (Fsp3) is 0.192. The standard InChI is InChI=1S/C26H25N3O4/c1-3-33-21-12-10-20(11-13-21)29-25(31)22-14-9-18(17-23(22)26(29)32)24(30)27-15-16-28(2)19-7-5-4-6-8-19/h4-14,17H,3,15-16H2,1-2H3,(H,27,30). The van der Waals surface area contributed by atoms with E-state index in [9.17, 15) is 14.4 Å². The van der Waals surface area contributed by atoms with Gasteiger partial charge in [-0.3, -0.25) is 14.4 Å². The minimum atomic E-state index is -0.447. The molecular weight excluding hydrogens is 418 g/mol. The first-order valence-electron chi connectivity index (χ1n) is 10.8. The van der Waals surface area contributed by atoms with E-state index in [2.05, 4.69) is 5.32 Å². The summed E-state index contributed by atoms with van der Waals surface area (Å²) < 4.78 is 5.42. The van der Waals surface area contributed by atoms with Gasteiger partial charge in [-0.15, -0.1) is 0 Å². The molecule has 0 saturated carbocycles. The molecule has 0 aromatic heterocycles. The van der Waals surface area contributed by atoms with E-state index < -0.39 is 11.8 Å². The number of fused-ring (bicyclic) bond motifs is 1. The van der Waals surface area contributed by atoms with Gasteiger partial charge in [0, 0.05) is 31.4 Å². The first kappa shape index (κ1) is 22.1. The van der Waals surface area contributed by atoms with Crippen molar-refractivity contribution in [1.29, 1.82) is 0 Å². The number of nitrogens with one attached hydrogen (secondary N) is 1. The molecule has 0 fully saturated rings. The van der Waals surface area contributed by atoms with Crippen molar-refractivity contribution in [2.24, 2.45) is 0 Å². The normalized spacial score (nSPS) is 12.5. The number of likely N-dealkylation sites (N-methyl/N-ethyl adjacent to an activating group) is 1. The van der Waals surface area contributed by atoms with Gasteiger partial charge in [0.1, 0.15) is 5.75 Å². The highest BCUT2D eigenvalue weighted by Crippen LogP contribution is 2.30. The Morgan fingerprint density at radius 2 is 1.64 bits per heavy atom. The number of para-hydroxylation sites is 1. The summed E-state index contributed by atoms with van der Waals surface area (Å²) in [5, 5.41) is 2.87. The van der Waals surface area contributed by atoms with Crippen LogP contribution in [0, 0.1) is 0 Å². The number of hydrogen-bond donors (Lipinski definition) is 1. The van der Waals surface area contributed by atoms with E-state index in [1.165, 1.54) is 12.1 Å². The zero-order valence-electron chi connectivity index (χ0n) is 18.6. The largest absolute Gasteiger partial charge is 0.494 e. The average molecular weight is 444 g/mol. The Balaban J connectivity index is 1.43. The minimum absolute atomic E-state index is 0.225. The predicted octanol–water partition coefficient (Wildman–Crippen LogP) is 3.75. The molecule has 7 heteroatoms. The van der Waals surface area contributed by atoms with Crippen molar-refractivity contribution in [2.45, 2.75) is 6.92 Å². The SMILES string of the molecule is CCOc1ccc(N2C(=O)c3ccc(C(=O)NCCN(C)c4ccccc4)cc3C2=O)cc1. The number of carbonyl (C=O) groups is 3. The highest BCUT2D eigenvalue weighted by atomic mass is 16.5. The van der Waals surface area contributed by atoms with Crippen LogP contribution in [0.25, 0.3) is 0 Å². The number of benzene rings is 3. The Hall–Kier alpha value is -4.13. The number of carbonyl (C=O) groups excluding carboxylic acids is 3. The van der Waals surface area contributed by atoms with Crippen molar-refractivity contribution >= 4 is 29.1 Å². The third-order valence-electron chi connectivity index (χ3n) is 5.48. The van der Waals surface area contributed by atoms with E-state index in [1.807, 2.05) is 49.2 Å². The zero-order chi connectivity index (χ0) is 23.4. The van der Waals surface area contributed by atoms with Crippen LogP contribution in [-0.2, 0) is 0 Å². The summed E-state index contributed by atoms with van der Waals surface area (Å²) in [6.07, 6.45) is 0. The van der Waals surface area contributed by atoms with Crippen LogP contribution < -0.4 is 19.9 Å². The van der Waals surface area contributed by atoms with Gasteiger partial charge < -0.3 is 15.0 Å². The minimum Gasteiger partial charge on any atom is -0.494 e. The van der Waals surface area contributed by atoms with Crippen molar-refractivity contribution in [1.82, 2.24) is 5.32 Å². The molecule has 0 bridgehead atoms. The molecule has 33 heavy (non-hydrogen) atoms. The van der Waals surface area contributed by atoms with Gasteiger partial charge in [-0.25, -0.2) is 4.90 Å². The second kappa shape index (κ2) is 9.56. The van der Waals surface area contributed by atoms with Crippen LogP contribution >= 0.6 is 0 Å². The van der Waals surface area contributed by atoms with E-state index in [1.54, 1.807) is 30.3 Å². The molecule has 168 valence electrons. The molecule has 4 rings (SSSR count). The maximum Gasteiger partial charge on any atom is 0.266 e. The molecule has 1 N–H and O–H groups in total. The van der Waals surface area contributed by atoms with Crippen LogP contribution in [0.4, 0.5) is 11.4 Å². The topological polar surface area (TPSA) is 79.0 Å². The van der Waals surface area contributed by atoms with Gasteiger partial charge >= 0.3 is 0 Å². The number of anilines is 2. The molecular formula is C26H25N3O4. The van der Waals surface area contributed by atoms with Crippen LogP contribution in [0.3, 0.4) is 0 Å². The van der Waals surface area contributed by atoms with Crippen LogP contribution in [0.2, 0.25) is 0 Å². The average Bonchev–Trinajstić information content (AvgIpc) is 3.09. The third kappa shape index (κ3) is 4.57. The molecule has 0 saturated heterocycles. The molecule has 0 atom stereocenters. The summed E-state index contributed by atoms with van der Waals surface area (Å²) in [5.74, 6) is -0.484. The molecule has 0 aliphatic carbocycles. The van der Waals surface area contributed by atoms with Gasteiger partial charge in [-0.2, -0.15) is 0 Å². The Morgan fingerprint density at radius 3 is 2.33 bits per heavy atom. The first-order chi connectivity index (χ1) is 16.0. The lowest BCUT2D eigenvalue weighted by atomic mass is 10.1. The molecule has 1 aliphatic rings. The fourth-order valence-electron chi connectivity index (χ4n) is 3.73. The Morgan fingerprint density at radius 1 is 0.939 bits per heavy atom. The second-order valence-electron chi connectivity index (χ2n) is 7.65. The van der Waals surface area contributed by atoms with Gasteiger partial charge in [0.15, 0.2) is 0 Å². The maximum absolute atomic E-state index is 13.0. The molecule has 3 aromatic rings. The number of amides is 3. The Bertz CT molecular complexity index is 1180. The van der Waals surface area contributed by atoms with E-state index in [4.69, 9.17) is 4.74 Å². The maximum atomic E-state index is 13.0. The fourth-order valence-corrected chi connectivity index (χ4v) is 3.73. The van der Waals surface area contributed by atoms with E-state index in [-0.39, 0.29) is 17.0 Å². The molecule has 1 aliphatic heterocycles. The van der Waals surface area contributed by atoms with E-state index in [0.717, 1.165) is 10.6 Å². The summed E-state index contributed by atoms with van der Waals surface area (Å²) in [4.78, 5) is 41.6. The Kier molecular flexibility index (Phi) is 6.40. The van der Waals surface area contributed by atoms with Crippen LogP contribution in [0.5, 0.6) is 5.75 Å². The molecule has 1 heterocycles. The third-order valence-corrected chi connectivity index (χ3v) is 5.48. The summed E-state index contributed by atoms with van der Waals surface area (Å²) >= 11 is 0. The predicted molar refractivity (Wildman–Crippen MR) is 127 cm³/mol. The Labute approximate surface area is 192 Å². The summed E-state index contributed by atoms with van der Waals surface area (Å²) in [7, 11) is 1.96. The van der Waals surface area contributed by atoms with E-state index >= 15 is 0 Å². The number of nitrogens with zero attached hydrogens (tertiary/aromatic N) is 2. The van der Waals surface area contributed by atoms with Crippen molar-refractivity contribution in [3.05, 3.63) is 89.5 Å². The van der Waals surface area contributed by atoms with Gasteiger partial charge in [0.25, 0.3) is 17.7 Å². The molecule has 3 aromatic carbocycles. The number of ether oxygens (including phenoxy) is 1. The van der Waals surface area contributed by atoms with Gasteiger partial charge in [0.05, 0.1) is 23.4 Å². The zero-order valence-corrected chi connectivity index (χ0v) is 18.6. The molecule has 3 amide bonds. The molecule has 7 nitrogen and oxygen atoms in total. The summed E-state index contributed by atoms with van der Waals surface area (Å²) in [6.45, 7) is 3.48. The van der Waals surface area contributed by atoms with E-state index in [0.29, 0.717) is 36.7 Å². The van der Waals surface area contributed by atoms with Crippen LogP contribution in [0.15, 0.2) is 72.8 Å². The van der Waals surface area contributed by atoms with Crippen molar-refractivity contribution in [3.63, 3.8) is 0 Å². The van der Waals surface area contributed by atoms with Crippen molar-refractivity contribution in [3.8, 4) is 5.75 Å².